The van der Waals surface area contributed by atoms with E-state index in [2.05, 4.69) is 35.3 Å². The highest BCUT2D eigenvalue weighted by Crippen LogP contribution is 2.27. The topological polar surface area (TPSA) is 69.7 Å². The largest absolute Gasteiger partial charge is 0.338 e. The minimum absolute atomic E-state index is 0.0623. The summed E-state index contributed by atoms with van der Waals surface area (Å²) in [7, 11) is -3.12. The molecule has 1 N–H and O–H groups in total. The van der Waals surface area contributed by atoms with Gasteiger partial charge in [0.05, 0.1) is 17.5 Å². The number of fused-ring (bicyclic) bond motifs is 1. The third-order valence-corrected chi connectivity index (χ3v) is 6.74. The van der Waals surface area contributed by atoms with E-state index in [0.717, 1.165) is 12.1 Å². The number of urea groups is 1. The van der Waals surface area contributed by atoms with Crippen LogP contribution in [0, 0.1) is 0 Å². The van der Waals surface area contributed by atoms with Crippen LogP contribution in [-0.2, 0) is 9.84 Å². The molecule has 2 aliphatic rings. The summed E-state index contributed by atoms with van der Waals surface area (Å²) < 4.78 is 24.5. The maximum atomic E-state index is 12.3. The van der Waals surface area contributed by atoms with Gasteiger partial charge in [-0.3, -0.25) is 4.90 Å². The molecule has 7 heteroatoms. The van der Waals surface area contributed by atoms with Crippen LogP contribution in [0.15, 0.2) is 35.9 Å². The molecule has 3 rings (SSSR count). The molecule has 1 aromatic carbocycles. The van der Waals surface area contributed by atoms with Crippen LogP contribution in [0.5, 0.6) is 0 Å². The fourth-order valence-electron chi connectivity index (χ4n) is 3.93. The Morgan fingerprint density at radius 2 is 1.88 bits per heavy atom. The zero-order valence-corrected chi connectivity index (χ0v) is 16.2. The minimum atomic E-state index is -3.12. The van der Waals surface area contributed by atoms with E-state index in [1.807, 2.05) is 25.1 Å². The van der Waals surface area contributed by atoms with E-state index in [0.29, 0.717) is 19.6 Å². The van der Waals surface area contributed by atoms with E-state index in [-0.39, 0.29) is 29.6 Å². The number of carbonyl (C=O) groups excluding carboxylic acids is 1. The van der Waals surface area contributed by atoms with Crippen LogP contribution >= 0.6 is 0 Å². The highest BCUT2D eigenvalue weighted by atomic mass is 32.2. The van der Waals surface area contributed by atoms with Crippen LogP contribution in [0.4, 0.5) is 4.79 Å². The number of carbonyl (C=O) groups is 1. The smallest absolute Gasteiger partial charge is 0.317 e. The lowest BCUT2D eigenvalue weighted by Crippen LogP contribution is -2.62. The van der Waals surface area contributed by atoms with Crippen molar-refractivity contribution in [1.29, 1.82) is 0 Å². The predicted molar refractivity (Wildman–Crippen MR) is 104 cm³/mol. The van der Waals surface area contributed by atoms with Crippen molar-refractivity contribution in [3.8, 4) is 0 Å². The molecule has 0 bridgehead atoms. The summed E-state index contributed by atoms with van der Waals surface area (Å²) in [4.78, 5) is 16.2. The Morgan fingerprint density at radius 3 is 2.58 bits per heavy atom. The van der Waals surface area contributed by atoms with Gasteiger partial charge in [0.2, 0.25) is 0 Å². The molecular weight excluding hydrogens is 350 g/mol. The van der Waals surface area contributed by atoms with Gasteiger partial charge < -0.3 is 10.2 Å². The first-order valence-corrected chi connectivity index (χ1v) is 10.9. The van der Waals surface area contributed by atoms with Gasteiger partial charge in [-0.15, -0.1) is 0 Å². The first-order chi connectivity index (χ1) is 12.4. The lowest BCUT2D eigenvalue weighted by molar-refractivity contribution is 0.0724. The molecule has 6 nitrogen and oxygen atoms in total. The number of hydrogen-bond acceptors (Lipinski definition) is 4. The second-order valence-electron chi connectivity index (χ2n) is 7.11. The van der Waals surface area contributed by atoms with E-state index < -0.39 is 9.84 Å². The second-order valence-corrected chi connectivity index (χ2v) is 9.27. The van der Waals surface area contributed by atoms with Crippen LogP contribution < -0.4 is 5.32 Å². The summed E-state index contributed by atoms with van der Waals surface area (Å²) in [6, 6.07) is 9.56. The van der Waals surface area contributed by atoms with E-state index in [9.17, 15) is 13.2 Å². The van der Waals surface area contributed by atoms with E-state index in [4.69, 9.17) is 0 Å². The first kappa shape index (κ1) is 18.9. The molecule has 0 spiro atoms. The predicted octanol–water partition coefficient (Wildman–Crippen LogP) is 1.60. The molecular formula is C19H27N3O3S. The lowest BCUT2D eigenvalue weighted by Gasteiger charge is -2.43. The van der Waals surface area contributed by atoms with Crippen molar-refractivity contribution in [2.75, 3.05) is 37.7 Å². The Balaban J connectivity index is 1.75. The summed E-state index contributed by atoms with van der Waals surface area (Å²) >= 11 is 0. The van der Waals surface area contributed by atoms with Gasteiger partial charge in [0.15, 0.2) is 9.84 Å². The number of piperazine rings is 1. The maximum absolute atomic E-state index is 12.3. The zero-order chi connectivity index (χ0) is 18.7. The van der Waals surface area contributed by atoms with Crippen molar-refractivity contribution >= 4 is 21.9 Å². The Hall–Kier alpha value is -1.86. The van der Waals surface area contributed by atoms with Gasteiger partial charge in [-0.2, -0.15) is 0 Å². The first-order valence-electron chi connectivity index (χ1n) is 9.11. The molecule has 142 valence electrons. The number of rotatable bonds is 4. The highest BCUT2D eigenvalue weighted by molar-refractivity contribution is 7.91. The van der Waals surface area contributed by atoms with Crippen molar-refractivity contribution in [2.24, 2.45) is 0 Å². The third-order valence-electron chi connectivity index (χ3n) is 5.04. The molecule has 2 atom stereocenters. The van der Waals surface area contributed by atoms with E-state index in [1.54, 1.807) is 4.90 Å². The van der Waals surface area contributed by atoms with Gasteiger partial charge in [0.25, 0.3) is 0 Å². The van der Waals surface area contributed by atoms with Gasteiger partial charge in [-0.1, -0.05) is 42.0 Å². The molecule has 0 aromatic heterocycles. The van der Waals surface area contributed by atoms with Gasteiger partial charge in [-0.05, 0) is 19.4 Å². The number of hydrogen-bond donors (Lipinski definition) is 1. The number of sulfone groups is 1. The summed E-state index contributed by atoms with van der Waals surface area (Å²) in [6.07, 6.45) is 2.13. The van der Waals surface area contributed by atoms with Gasteiger partial charge in [0, 0.05) is 32.2 Å². The molecule has 1 aromatic rings. The average molecular weight is 378 g/mol. The fourth-order valence-corrected chi connectivity index (χ4v) is 5.94. The van der Waals surface area contributed by atoms with Crippen molar-refractivity contribution in [3.05, 3.63) is 41.5 Å². The van der Waals surface area contributed by atoms with Crippen LogP contribution in [0.3, 0.4) is 0 Å². The van der Waals surface area contributed by atoms with Gasteiger partial charge >= 0.3 is 6.03 Å². The van der Waals surface area contributed by atoms with Gasteiger partial charge in [0.1, 0.15) is 0 Å². The lowest BCUT2D eigenvalue weighted by atomic mass is 10.0. The van der Waals surface area contributed by atoms with Gasteiger partial charge in [-0.25, -0.2) is 13.2 Å². The van der Waals surface area contributed by atoms with Crippen molar-refractivity contribution in [2.45, 2.75) is 25.9 Å². The molecule has 0 unspecified atom stereocenters. The van der Waals surface area contributed by atoms with Crippen molar-refractivity contribution in [1.82, 2.24) is 15.1 Å². The molecule has 0 saturated carbocycles. The minimum Gasteiger partial charge on any atom is -0.338 e. The van der Waals surface area contributed by atoms with Crippen LogP contribution in [0.1, 0.15) is 19.4 Å². The Bertz CT molecular complexity index is 776. The summed E-state index contributed by atoms with van der Waals surface area (Å²) in [6.45, 7) is 6.45. The molecule has 0 radical (unpaired) electrons. The molecule has 0 aliphatic carbocycles. The molecule has 2 aliphatic heterocycles. The zero-order valence-electron chi connectivity index (χ0n) is 15.4. The van der Waals surface area contributed by atoms with Crippen molar-refractivity contribution in [3.63, 3.8) is 0 Å². The summed E-state index contributed by atoms with van der Waals surface area (Å²) in [5, 5.41) is 2.81. The third kappa shape index (κ3) is 4.27. The number of nitrogens with one attached hydrogen (secondary N) is 1. The summed E-state index contributed by atoms with van der Waals surface area (Å²) in [5.74, 6) is 0.193. The maximum Gasteiger partial charge on any atom is 0.317 e. The fraction of sp³-hybridized carbons (Fsp3) is 0.526. The standard InChI is InChI=1S/C19H27N3O3S/c1-3-20-19(23)22-10-9-21(17-13-26(24,25)14-18(17)22)12-15(2)11-16-7-5-4-6-8-16/h4-8,11,17-18H,3,9-10,12-14H2,1-2H3,(H,20,23)/b15-11+/t17-,18+/m1/s1. The second kappa shape index (κ2) is 7.80. The average Bonchev–Trinajstić information content (AvgIpc) is 2.91. The van der Waals surface area contributed by atoms with Crippen LogP contribution in [0.2, 0.25) is 0 Å². The molecule has 2 amide bonds. The van der Waals surface area contributed by atoms with E-state index >= 15 is 0 Å². The Labute approximate surface area is 155 Å². The Kier molecular flexibility index (Phi) is 5.67. The number of amides is 2. The Morgan fingerprint density at radius 1 is 1.19 bits per heavy atom. The van der Waals surface area contributed by atoms with E-state index in [1.165, 1.54) is 5.57 Å². The summed E-state index contributed by atoms with van der Waals surface area (Å²) in [5.41, 5.74) is 2.33. The monoisotopic (exact) mass is 377 g/mol. The van der Waals surface area contributed by atoms with Crippen molar-refractivity contribution < 1.29 is 13.2 Å². The highest BCUT2D eigenvalue weighted by Gasteiger charge is 2.47. The number of nitrogens with zero attached hydrogens (tertiary/aromatic N) is 2. The van der Waals surface area contributed by atoms with Crippen LogP contribution in [0.25, 0.3) is 6.08 Å². The SMILES string of the molecule is CCNC(=O)N1CCN(C/C(C)=C/c2ccccc2)[C@@H]2CS(=O)(=O)C[C@@H]21. The molecule has 2 heterocycles. The molecule has 2 saturated heterocycles. The normalized spacial score (nSPS) is 25.8. The number of benzene rings is 1. The molecule has 26 heavy (non-hydrogen) atoms. The molecule has 2 fully saturated rings. The quantitative estimate of drug-likeness (QED) is 0.865. The van der Waals surface area contributed by atoms with Crippen LogP contribution in [-0.4, -0.2) is 74.0 Å².